The summed E-state index contributed by atoms with van der Waals surface area (Å²) in [5.74, 6) is 0.126. The number of halogens is 1. The van der Waals surface area contributed by atoms with E-state index >= 15 is 0 Å². The third-order valence-electron chi connectivity index (χ3n) is 5.06. The summed E-state index contributed by atoms with van der Waals surface area (Å²) in [6.07, 6.45) is 4.84. The van der Waals surface area contributed by atoms with Crippen LogP contribution in [0, 0.1) is 17.7 Å². The molecule has 6 nitrogen and oxygen atoms in total. The van der Waals surface area contributed by atoms with Gasteiger partial charge in [-0.3, -0.25) is 4.79 Å². The predicted octanol–water partition coefficient (Wildman–Crippen LogP) is 3.05. The van der Waals surface area contributed by atoms with Crippen molar-refractivity contribution in [1.82, 2.24) is 14.9 Å². The first-order chi connectivity index (χ1) is 13.5. The van der Waals surface area contributed by atoms with Crippen LogP contribution in [0.25, 0.3) is 11.1 Å². The number of amides is 1. The molecular formula is C21H26FN3O3. The van der Waals surface area contributed by atoms with E-state index in [1.165, 1.54) is 18.5 Å². The van der Waals surface area contributed by atoms with E-state index in [4.69, 9.17) is 4.74 Å². The fourth-order valence-corrected chi connectivity index (χ4v) is 3.33. The van der Waals surface area contributed by atoms with E-state index in [0.29, 0.717) is 23.7 Å². The Morgan fingerprint density at radius 1 is 1.29 bits per heavy atom. The van der Waals surface area contributed by atoms with Gasteiger partial charge in [-0.25, -0.2) is 14.4 Å². The summed E-state index contributed by atoms with van der Waals surface area (Å²) in [6, 6.07) is 5.10. The normalized spacial score (nSPS) is 15.1. The number of hydrogen-bond acceptors (Lipinski definition) is 5. The summed E-state index contributed by atoms with van der Waals surface area (Å²) in [5, 5.41) is 9.19. The van der Waals surface area contributed by atoms with Crippen LogP contribution in [0.15, 0.2) is 30.6 Å². The Balaban J connectivity index is 1.54. The van der Waals surface area contributed by atoms with Crippen molar-refractivity contribution in [2.24, 2.45) is 11.8 Å². The Labute approximate surface area is 164 Å². The standard InChI is InChI=1S/C21H26FN3O3/c1-14(2)20(27)25-8-6-15(7-9-25)13-28-21-23-10-17(11-24-21)18-5-3-4-16(12-26)19(18)22/h3-5,10-11,14-15,26H,6-9,12-13H2,1-2H3. The zero-order valence-electron chi connectivity index (χ0n) is 16.3. The van der Waals surface area contributed by atoms with Crippen LogP contribution in [0.5, 0.6) is 6.01 Å². The third kappa shape index (κ3) is 4.65. The first-order valence-electron chi connectivity index (χ1n) is 9.61. The smallest absolute Gasteiger partial charge is 0.316 e. The number of carbonyl (C=O) groups excluding carboxylic acids is 1. The van der Waals surface area contributed by atoms with Crippen LogP contribution in [0.3, 0.4) is 0 Å². The number of aliphatic hydroxyl groups excluding tert-OH is 1. The maximum absolute atomic E-state index is 14.3. The topological polar surface area (TPSA) is 75.6 Å². The molecule has 1 fully saturated rings. The predicted molar refractivity (Wildman–Crippen MR) is 103 cm³/mol. The number of benzene rings is 1. The molecule has 0 unspecified atom stereocenters. The van der Waals surface area contributed by atoms with E-state index in [-0.39, 0.29) is 30.0 Å². The molecule has 1 aliphatic rings. The minimum absolute atomic E-state index is 0.0302. The number of ether oxygens (including phenoxy) is 1. The van der Waals surface area contributed by atoms with Crippen LogP contribution in [0.2, 0.25) is 0 Å². The average molecular weight is 387 g/mol. The lowest BCUT2D eigenvalue weighted by atomic mass is 9.97. The molecule has 150 valence electrons. The van der Waals surface area contributed by atoms with Gasteiger partial charge in [0.1, 0.15) is 5.82 Å². The summed E-state index contributed by atoms with van der Waals surface area (Å²) >= 11 is 0. The second-order valence-electron chi connectivity index (χ2n) is 7.43. The largest absolute Gasteiger partial charge is 0.463 e. The summed E-state index contributed by atoms with van der Waals surface area (Å²) in [4.78, 5) is 22.3. The van der Waals surface area contributed by atoms with Crippen LogP contribution in [0.4, 0.5) is 4.39 Å². The quantitative estimate of drug-likeness (QED) is 0.825. The molecule has 0 saturated carbocycles. The van der Waals surface area contributed by atoms with Crippen LogP contribution < -0.4 is 4.74 Å². The summed E-state index contributed by atoms with van der Waals surface area (Å²) < 4.78 is 20.0. The van der Waals surface area contributed by atoms with Crippen molar-refractivity contribution in [3.63, 3.8) is 0 Å². The van der Waals surface area contributed by atoms with Crippen molar-refractivity contribution in [3.8, 4) is 17.1 Å². The highest BCUT2D eigenvalue weighted by molar-refractivity contribution is 5.78. The molecular weight excluding hydrogens is 361 g/mol. The van der Waals surface area contributed by atoms with Crippen molar-refractivity contribution in [3.05, 3.63) is 42.0 Å². The zero-order chi connectivity index (χ0) is 20.1. The number of hydrogen-bond donors (Lipinski definition) is 1. The number of piperidine rings is 1. The van der Waals surface area contributed by atoms with Gasteiger partial charge in [0.05, 0.1) is 13.2 Å². The van der Waals surface area contributed by atoms with Gasteiger partial charge >= 0.3 is 6.01 Å². The minimum Gasteiger partial charge on any atom is -0.463 e. The maximum atomic E-state index is 14.3. The molecule has 1 N–H and O–H groups in total. The molecule has 1 aliphatic heterocycles. The van der Waals surface area contributed by atoms with Crippen molar-refractivity contribution in [1.29, 1.82) is 0 Å². The number of carbonyl (C=O) groups is 1. The lowest BCUT2D eigenvalue weighted by Crippen LogP contribution is -2.41. The van der Waals surface area contributed by atoms with E-state index in [2.05, 4.69) is 9.97 Å². The highest BCUT2D eigenvalue weighted by Gasteiger charge is 2.24. The van der Waals surface area contributed by atoms with Gasteiger partial charge in [-0.15, -0.1) is 0 Å². The number of rotatable bonds is 6. The zero-order valence-corrected chi connectivity index (χ0v) is 16.3. The highest BCUT2D eigenvalue weighted by atomic mass is 19.1. The summed E-state index contributed by atoms with van der Waals surface area (Å²) in [6.45, 7) is 5.49. The molecule has 0 bridgehead atoms. The second kappa shape index (κ2) is 9.10. The number of likely N-dealkylation sites (tertiary alicyclic amines) is 1. The summed E-state index contributed by atoms with van der Waals surface area (Å²) in [7, 11) is 0. The van der Waals surface area contributed by atoms with Crippen molar-refractivity contribution < 1.29 is 19.0 Å². The first kappa shape index (κ1) is 20.2. The molecule has 28 heavy (non-hydrogen) atoms. The minimum atomic E-state index is -0.468. The molecule has 1 aromatic carbocycles. The Morgan fingerprint density at radius 3 is 2.57 bits per heavy atom. The average Bonchev–Trinajstić information content (AvgIpc) is 2.72. The van der Waals surface area contributed by atoms with Gasteiger partial charge in [0.15, 0.2) is 0 Å². The number of nitrogens with zero attached hydrogens (tertiary/aromatic N) is 3. The molecule has 1 aromatic heterocycles. The Morgan fingerprint density at radius 2 is 1.96 bits per heavy atom. The van der Waals surface area contributed by atoms with Gasteiger partial charge in [-0.1, -0.05) is 32.0 Å². The first-order valence-corrected chi connectivity index (χ1v) is 9.61. The Bertz CT molecular complexity index is 803. The number of aromatic nitrogens is 2. The number of aliphatic hydroxyl groups is 1. The maximum Gasteiger partial charge on any atom is 0.316 e. The van der Waals surface area contributed by atoms with Gasteiger partial charge in [0.25, 0.3) is 0 Å². The molecule has 2 aromatic rings. The van der Waals surface area contributed by atoms with Gasteiger partial charge in [-0.05, 0) is 18.8 Å². The van der Waals surface area contributed by atoms with Crippen molar-refractivity contribution in [2.75, 3.05) is 19.7 Å². The fraction of sp³-hybridized carbons (Fsp3) is 0.476. The van der Waals surface area contributed by atoms with Gasteiger partial charge in [-0.2, -0.15) is 0 Å². The van der Waals surface area contributed by atoms with Crippen molar-refractivity contribution >= 4 is 5.91 Å². The molecule has 7 heteroatoms. The Hall–Kier alpha value is -2.54. The molecule has 2 heterocycles. The molecule has 1 amide bonds. The van der Waals surface area contributed by atoms with E-state index < -0.39 is 5.82 Å². The second-order valence-corrected chi connectivity index (χ2v) is 7.43. The van der Waals surface area contributed by atoms with Gasteiger partial charge < -0.3 is 14.7 Å². The van der Waals surface area contributed by atoms with Gasteiger partial charge in [0.2, 0.25) is 5.91 Å². The lowest BCUT2D eigenvalue weighted by molar-refractivity contribution is -0.136. The third-order valence-corrected chi connectivity index (χ3v) is 5.06. The van der Waals surface area contributed by atoms with E-state index in [9.17, 15) is 14.3 Å². The molecule has 0 radical (unpaired) electrons. The fourth-order valence-electron chi connectivity index (χ4n) is 3.33. The van der Waals surface area contributed by atoms with E-state index in [1.54, 1.807) is 12.1 Å². The molecule has 3 rings (SSSR count). The van der Waals surface area contributed by atoms with Crippen LogP contribution in [0.1, 0.15) is 32.3 Å². The monoisotopic (exact) mass is 387 g/mol. The molecule has 0 aliphatic carbocycles. The van der Waals surface area contributed by atoms with E-state index in [0.717, 1.165) is 25.9 Å². The van der Waals surface area contributed by atoms with Crippen molar-refractivity contribution in [2.45, 2.75) is 33.3 Å². The molecule has 1 saturated heterocycles. The van der Waals surface area contributed by atoms with Crippen LogP contribution >= 0.6 is 0 Å². The lowest BCUT2D eigenvalue weighted by Gasteiger charge is -2.32. The van der Waals surface area contributed by atoms with Crippen LogP contribution in [-0.4, -0.2) is 45.6 Å². The highest BCUT2D eigenvalue weighted by Crippen LogP contribution is 2.25. The molecule has 0 atom stereocenters. The van der Waals surface area contributed by atoms with E-state index in [1.807, 2.05) is 18.7 Å². The van der Waals surface area contributed by atoms with Gasteiger partial charge in [0, 0.05) is 48.1 Å². The SMILES string of the molecule is CC(C)C(=O)N1CCC(COc2ncc(-c3cccc(CO)c3F)cn2)CC1. The summed E-state index contributed by atoms with van der Waals surface area (Å²) in [5.41, 5.74) is 1.11. The Kier molecular flexibility index (Phi) is 6.57. The molecule has 0 spiro atoms. The van der Waals surface area contributed by atoms with Crippen LogP contribution in [-0.2, 0) is 11.4 Å².